The first kappa shape index (κ1) is 21.3. The Morgan fingerprint density at radius 3 is 1.79 bits per heavy atom. The van der Waals surface area contributed by atoms with Crippen LogP contribution in [0.4, 0.5) is 0 Å². The van der Waals surface area contributed by atoms with E-state index in [1.54, 1.807) is 20.3 Å². The highest BCUT2D eigenvalue weighted by molar-refractivity contribution is 7.60. The summed E-state index contributed by atoms with van der Waals surface area (Å²) in [6.07, 6.45) is 0. The molecule has 5 aromatic rings. The van der Waals surface area contributed by atoms with Gasteiger partial charge >= 0.3 is 7.60 Å². The van der Waals surface area contributed by atoms with Gasteiger partial charge in [-0.3, -0.25) is 4.57 Å². The van der Waals surface area contributed by atoms with E-state index in [9.17, 15) is 14.4 Å². The third-order valence-corrected chi connectivity index (χ3v) is 6.77. The molecule has 0 spiro atoms. The fourth-order valence-electron chi connectivity index (χ4n) is 4.18. The van der Waals surface area contributed by atoms with Gasteiger partial charge in [-0.2, -0.15) is 0 Å². The largest absolute Gasteiger partial charge is 0.497 e. The van der Waals surface area contributed by atoms with Gasteiger partial charge in [0.25, 0.3) is 0 Å². The molecule has 5 rings (SSSR count). The summed E-state index contributed by atoms with van der Waals surface area (Å²) in [7, 11) is -1.000. The molecule has 7 heteroatoms. The summed E-state index contributed by atoms with van der Waals surface area (Å²) in [5.74, 6) is 1.56. The molecular weight excluding hydrogens is 437 g/mol. The molecule has 0 aliphatic heterocycles. The van der Waals surface area contributed by atoms with E-state index in [0.717, 1.165) is 50.1 Å². The second-order valence-electron chi connectivity index (χ2n) is 7.74. The summed E-state index contributed by atoms with van der Waals surface area (Å²) in [4.78, 5) is 19.0. The Hall–Kier alpha value is -3.57. The molecule has 0 saturated heterocycles. The first-order valence-electron chi connectivity index (χ1n) is 10.3. The van der Waals surface area contributed by atoms with Gasteiger partial charge in [-0.25, -0.2) is 0 Å². The molecule has 0 fully saturated rings. The molecule has 0 amide bonds. The van der Waals surface area contributed by atoms with E-state index >= 15 is 0 Å². The summed E-state index contributed by atoms with van der Waals surface area (Å²) in [6.45, 7) is 0. The number of methoxy groups -OCH3 is 2. The number of aromatic nitrogens is 1. The average Bonchev–Trinajstić information content (AvgIpc) is 3.16. The molecule has 0 aliphatic carbocycles. The number of hydrogen-bond acceptors (Lipinski definition) is 3. The minimum Gasteiger partial charge on any atom is -0.497 e. The van der Waals surface area contributed by atoms with Crippen molar-refractivity contribution < 1.29 is 23.8 Å². The van der Waals surface area contributed by atoms with Crippen molar-refractivity contribution in [2.45, 2.75) is 0 Å². The maximum atomic E-state index is 11.6. The predicted molar refractivity (Wildman–Crippen MR) is 131 cm³/mol. The highest BCUT2D eigenvalue weighted by Gasteiger charge is 2.18. The first-order valence-corrected chi connectivity index (χ1v) is 11.9. The van der Waals surface area contributed by atoms with Crippen LogP contribution in [0.15, 0.2) is 84.9 Å². The normalized spacial score (nSPS) is 11.8. The molecule has 0 saturated carbocycles. The van der Waals surface area contributed by atoms with Crippen molar-refractivity contribution in [1.29, 1.82) is 0 Å². The Morgan fingerprint density at radius 2 is 1.27 bits per heavy atom. The smallest absolute Gasteiger partial charge is 0.356 e. The van der Waals surface area contributed by atoms with Gasteiger partial charge in [0.1, 0.15) is 11.5 Å². The van der Waals surface area contributed by atoms with Crippen LogP contribution in [-0.2, 0) is 4.57 Å². The summed E-state index contributed by atoms with van der Waals surface area (Å²) in [5.41, 5.74) is 4.67. The van der Waals surface area contributed by atoms with E-state index in [1.165, 1.54) is 12.1 Å². The van der Waals surface area contributed by atoms with Gasteiger partial charge in [-0.05, 0) is 71.8 Å². The van der Waals surface area contributed by atoms with Crippen molar-refractivity contribution in [3.8, 4) is 28.3 Å². The Morgan fingerprint density at radius 1 is 0.697 bits per heavy atom. The zero-order valence-corrected chi connectivity index (χ0v) is 19.0. The molecule has 4 aromatic carbocycles. The maximum Gasteiger partial charge on any atom is 0.356 e. The van der Waals surface area contributed by atoms with E-state index < -0.39 is 7.60 Å². The number of nitrogens with zero attached hydrogens (tertiary/aromatic N) is 1. The number of ether oxygens (including phenoxy) is 2. The van der Waals surface area contributed by atoms with E-state index in [4.69, 9.17) is 9.47 Å². The quantitative estimate of drug-likeness (QED) is 0.350. The van der Waals surface area contributed by atoms with Gasteiger partial charge in [0.15, 0.2) is 0 Å². The monoisotopic (exact) mass is 459 g/mol. The summed E-state index contributed by atoms with van der Waals surface area (Å²) < 4.78 is 24.7. The van der Waals surface area contributed by atoms with Crippen LogP contribution in [0.25, 0.3) is 38.6 Å². The Bertz CT molecular complexity index is 1470. The highest BCUT2D eigenvalue weighted by atomic mass is 31.2. The highest BCUT2D eigenvalue weighted by Crippen LogP contribution is 2.37. The lowest BCUT2D eigenvalue weighted by molar-refractivity contribution is 0.387. The van der Waals surface area contributed by atoms with Gasteiger partial charge in [-0.1, -0.05) is 24.3 Å². The van der Waals surface area contributed by atoms with E-state index in [-0.39, 0.29) is 5.30 Å². The summed E-state index contributed by atoms with van der Waals surface area (Å²) >= 11 is 0. The second kappa shape index (κ2) is 8.09. The van der Waals surface area contributed by atoms with Gasteiger partial charge in [0.2, 0.25) is 0 Å². The van der Waals surface area contributed by atoms with Crippen LogP contribution in [0.3, 0.4) is 0 Å². The molecule has 0 atom stereocenters. The van der Waals surface area contributed by atoms with Crippen LogP contribution < -0.4 is 14.8 Å². The molecule has 33 heavy (non-hydrogen) atoms. The Balaban J connectivity index is 1.66. The Kier molecular flexibility index (Phi) is 5.22. The lowest BCUT2D eigenvalue weighted by Crippen LogP contribution is -2.03. The van der Waals surface area contributed by atoms with Crippen molar-refractivity contribution in [2.75, 3.05) is 14.2 Å². The predicted octanol–water partition coefficient (Wildman–Crippen LogP) is 5.27. The van der Waals surface area contributed by atoms with Crippen molar-refractivity contribution >= 4 is 34.7 Å². The van der Waals surface area contributed by atoms with Crippen LogP contribution in [0.5, 0.6) is 11.5 Å². The third kappa shape index (κ3) is 3.79. The molecule has 166 valence electrons. The molecule has 0 unspecified atom stereocenters. The van der Waals surface area contributed by atoms with E-state index in [2.05, 4.69) is 4.57 Å². The van der Waals surface area contributed by atoms with Crippen LogP contribution in [0.2, 0.25) is 0 Å². The first-order chi connectivity index (χ1) is 15.9. The molecular formula is C26H22NO5P. The molecule has 0 aliphatic rings. The SMILES string of the molecule is COc1ccc2c(c1)c1cc(OC)ccc1n2-c1ccc(-c2cccc(P(=O)(O)O)c2)cc1. The van der Waals surface area contributed by atoms with Gasteiger partial charge in [0.05, 0.1) is 30.6 Å². The lowest BCUT2D eigenvalue weighted by atomic mass is 10.1. The number of rotatable bonds is 5. The van der Waals surface area contributed by atoms with Crippen LogP contribution in [0, 0.1) is 0 Å². The molecule has 1 heterocycles. The Labute approximate surface area is 190 Å². The lowest BCUT2D eigenvalue weighted by Gasteiger charge is -2.11. The minimum absolute atomic E-state index is 0.00867. The molecule has 0 radical (unpaired) electrons. The van der Waals surface area contributed by atoms with Crippen LogP contribution >= 0.6 is 7.60 Å². The zero-order chi connectivity index (χ0) is 23.2. The molecule has 6 nitrogen and oxygen atoms in total. The summed E-state index contributed by atoms with van der Waals surface area (Å²) in [5, 5.41) is 2.12. The summed E-state index contributed by atoms with van der Waals surface area (Å²) in [6, 6.07) is 26.4. The molecule has 2 N–H and O–H groups in total. The van der Waals surface area contributed by atoms with Crippen molar-refractivity contribution in [1.82, 2.24) is 4.57 Å². The minimum atomic E-state index is -4.31. The maximum absolute atomic E-state index is 11.6. The van der Waals surface area contributed by atoms with E-state index in [0.29, 0.717) is 0 Å². The van der Waals surface area contributed by atoms with Crippen molar-refractivity contribution in [3.05, 3.63) is 84.9 Å². The van der Waals surface area contributed by atoms with Crippen molar-refractivity contribution in [2.24, 2.45) is 0 Å². The van der Waals surface area contributed by atoms with Gasteiger partial charge < -0.3 is 23.8 Å². The molecule has 0 bridgehead atoms. The second-order valence-corrected chi connectivity index (χ2v) is 9.35. The van der Waals surface area contributed by atoms with E-state index in [1.807, 2.05) is 66.7 Å². The van der Waals surface area contributed by atoms with Crippen LogP contribution in [-0.4, -0.2) is 28.6 Å². The fraction of sp³-hybridized carbons (Fsp3) is 0.0769. The van der Waals surface area contributed by atoms with Crippen LogP contribution in [0.1, 0.15) is 0 Å². The third-order valence-electron chi connectivity index (χ3n) is 5.82. The van der Waals surface area contributed by atoms with Gasteiger partial charge in [-0.15, -0.1) is 0 Å². The fourth-order valence-corrected chi connectivity index (χ4v) is 4.77. The number of hydrogen-bond donors (Lipinski definition) is 2. The standard InChI is InChI=1S/C26H22NO5P/c1-31-20-10-12-25-23(15-20)24-16-21(32-2)11-13-26(24)27(25)19-8-6-17(7-9-19)18-4-3-5-22(14-18)33(28,29)30/h3-16H,1-2H3,(H2,28,29,30). The number of fused-ring (bicyclic) bond motifs is 3. The van der Waals surface area contributed by atoms with Gasteiger partial charge in [0, 0.05) is 16.5 Å². The average molecular weight is 459 g/mol. The number of benzene rings is 4. The zero-order valence-electron chi connectivity index (χ0n) is 18.1. The molecule has 1 aromatic heterocycles. The topological polar surface area (TPSA) is 80.9 Å². The van der Waals surface area contributed by atoms with Crippen molar-refractivity contribution in [3.63, 3.8) is 0 Å².